The maximum atomic E-state index is 12.3. The molecule has 16 heteroatoms. The fourth-order valence-electron chi connectivity index (χ4n) is 2.70. The number of tetrazole rings is 1. The number of carboxylic acid groups (broad SMARTS) is 1. The SMILES string of the molecule is N=C1N=C(N)CC(O)=C1NC(=O)Nc1ccc(C(=O)N[C@@H](CCc2nn[nH]n2)C(=O)O)nc1. The molecule has 1 aliphatic rings. The minimum absolute atomic E-state index is 0.0355. The second kappa shape index (κ2) is 9.94. The second-order valence-electron chi connectivity index (χ2n) is 6.69. The summed E-state index contributed by atoms with van der Waals surface area (Å²) in [6, 6.07) is 0.661. The maximum absolute atomic E-state index is 12.3. The van der Waals surface area contributed by atoms with Crippen LogP contribution < -0.4 is 21.7 Å². The number of nitrogens with two attached hydrogens (primary N) is 1. The van der Waals surface area contributed by atoms with Gasteiger partial charge in [-0.2, -0.15) is 5.21 Å². The van der Waals surface area contributed by atoms with E-state index in [1.54, 1.807) is 0 Å². The van der Waals surface area contributed by atoms with Crippen molar-refractivity contribution in [2.24, 2.45) is 10.7 Å². The van der Waals surface area contributed by atoms with E-state index in [4.69, 9.17) is 11.1 Å². The van der Waals surface area contributed by atoms with Gasteiger partial charge in [-0.3, -0.25) is 10.2 Å². The standard InChI is InChI=1S/C17H19N11O5/c18-11-5-10(29)13(14(19)23-11)24-17(33)21-7-1-2-8(20-6-7)15(30)22-9(16(31)32)3-4-12-25-27-28-26-12/h1-2,6,9,29H,3-5H2,(H,22,30)(H,31,32)(H3,18,19,23)(H2,21,24,33)(H,25,26,27,28)/t9-/m0/s1. The first kappa shape index (κ1) is 22.8. The molecule has 16 nitrogen and oxygen atoms in total. The highest BCUT2D eigenvalue weighted by Crippen LogP contribution is 2.12. The van der Waals surface area contributed by atoms with Crippen molar-refractivity contribution < 1.29 is 24.6 Å². The third kappa shape index (κ3) is 6.06. The molecular formula is C17H19N11O5. The van der Waals surface area contributed by atoms with Gasteiger partial charge < -0.3 is 31.9 Å². The number of rotatable bonds is 8. The Labute approximate surface area is 184 Å². The number of pyridine rings is 1. The van der Waals surface area contributed by atoms with Gasteiger partial charge in [0.1, 0.15) is 29.0 Å². The van der Waals surface area contributed by atoms with E-state index < -0.39 is 29.8 Å². The van der Waals surface area contributed by atoms with Crippen molar-refractivity contribution in [2.45, 2.75) is 25.3 Å². The molecule has 9 N–H and O–H groups in total. The molecule has 0 saturated heterocycles. The molecule has 3 rings (SSSR count). The van der Waals surface area contributed by atoms with Gasteiger partial charge in [0.05, 0.1) is 18.3 Å². The summed E-state index contributed by atoms with van der Waals surface area (Å²) in [4.78, 5) is 43.5. The van der Waals surface area contributed by atoms with Crippen LogP contribution in [-0.4, -0.2) is 71.4 Å². The molecule has 0 aliphatic carbocycles. The number of H-pyrrole nitrogens is 1. The molecule has 2 aromatic heterocycles. The number of amidine groups is 2. The zero-order chi connectivity index (χ0) is 24.0. The summed E-state index contributed by atoms with van der Waals surface area (Å²) in [5.74, 6) is -2.32. The van der Waals surface area contributed by atoms with Crippen LogP contribution in [0.5, 0.6) is 0 Å². The Hall–Kier alpha value is -4.89. The van der Waals surface area contributed by atoms with E-state index in [1.165, 1.54) is 18.3 Å². The molecule has 33 heavy (non-hydrogen) atoms. The summed E-state index contributed by atoms with van der Waals surface area (Å²) in [7, 11) is 0. The molecule has 0 spiro atoms. The van der Waals surface area contributed by atoms with Crippen LogP contribution in [0.3, 0.4) is 0 Å². The summed E-state index contributed by atoms with van der Waals surface area (Å²) < 4.78 is 0. The molecule has 0 fully saturated rings. The van der Waals surface area contributed by atoms with E-state index in [2.05, 4.69) is 46.6 Å². The number of dihydropyridines is 1. The Morgan fingerprint density at radius 2 is 2.06 bits per heavy atom. The molecule has 0 radical (unpaired) electrons. The molecule has 3 heterocycles. The third-order valence-corrected chi connectivity index (χ3v) is 4.27. The number of nitrogens with one attached hydrogen (secondary N) is 5. The molecular weight excluding hydrogens is 438 g/mol. The number of amides is 3. The second-order valence-corrected chi connectivity index (χ2v) is 6.69. The number of carboxylic acids is 1. The smallest absolute Gasteiger partial charge is 0.326 e. The molecule has 0 aromatic carbocycles. The van der Waals surface area contributed by atoms with Crippen molar-refractivity contribution in [2.75, 3.05) is 5.32 Å². The molecule has 0 unspecified atom stereocenters. The lowest BCUT2D eigenvalue weighted by Crippen LogP contribution is -2.41. The molecule has 0 saturated carbocycles. The summed E-state index contributed by atoms with van der Waals surface area (Å²) in [5.41, 5.74) is 5.39. The van der Waals surface area contributed by atoms with Gasteiger partial charge in [-0.1, -0.05) is 5.21 Å². The number of carbonyl (C=O) groups is 3. The zero-order valence-corrected chi connectivity index (χ0v) is 16.9. The van der Waals surface area contributed by atoms with Crippen LogP contribution in [-0.2, 0) is 11.2 Å². The first-order valence-electron chi connectivity index (χ1n) is 9.37. The van der Waals surface area contributed by atoms with Gasteiger partial charge in [0.15, 0.2) is 11.7 Å². The highest BCUT2D eigenvalue weighted by Gasteiger charge is 2.23. The molecule has 0 bridgehead atoms. The summed E-state index contributed by atoms with van der Waals surface area (Å²) in [6.07, 6.45) is 1.30. The predicted octanol–water partition coefficient (Wildman–Crippen LogP) is -0.960. The summed E-state index contributed by atoms with van der Waals surface area (Å²) in [5, 5.41) is 47.0. The lowest BCUT2D eigenvalue weighted by molar-refractivity contribution is -0.139. The quantitative estimate of drug-likeness (QED) is 0.241. The number of anilines is 1. The van der Waals surface area contributed by atoms with Gasteiger partial charge in [0.2, 0.25) is 0 Å². The van der Waals surface area contributed by atoms with Gasteiger partial charge >= 0.3 is 12.0 Å². The monoisotopic (exact) mass is 457 g/mol. The number of aromatic amines is 1. The minimum atomic E-state index is -1.24. The van der Waals surface area contributed by atoms with Crippen LogP contribution in [0.25, 0.3) is 0 Å². The number of hydrogen-bond donors (Lipinski definition) is 8. The molecule has 172 valence electrons. The van der Waals surface area contributed by atoms with E-state index >= 15 is 0 Å². The van der Waals surface area contributed by atoms with Gasteiger partial charge in [-0.25, -0.2) is 19.6 Å². The molecule has 3 amide bonds. The average Bonchev–Trinajstić information content (AvgIpc) is 3.27. The highest BCUT2D eigenvalue weighted by atomic mass is 16.4. The van der Waals surface area contributed by atoms with E-state index in [9.17, 15) is 24.6 Å². The van der Waals surface area contributed by atoms with Crippen LogP contribution >= 0.6 is 0 Å². The van der Waals surface area contributed by atoms with Crippen molar-refractivity contribution in [3.05, 3.63) is 41.3 Å². The number of aromatic nitrogens is 5. The average molecular weight is 457 g/mol. The van der Waals surface area contributed by atoms with Crippen molar-refractivity contribution in [1.82, 2.24) is 36.2 Å². The molecule has 1 aliphatic heterocycles. The lowest BCUT2D eigenvalue weighted by atomic mass is 10.1. The lowest BCUT2D eigenvalue weighted by Gasteiger charge is -2.16. The van der Waals surface area contributed by atoms with Crippen molar-refractivity contribution in [3.8, 4) is 0 Å². The fourth-order valence-corrected chi connectivity index (χ4v) is 2.70. The minimum Gasteiger partial charge on any atom is -0.510 e. The van der Waals surface area contributed by atoms with Crippen molar-refractivity contribution >= 4 is 35.3 Å². The van der Waals surface area contributed by atoms with E-state index in [1.807, 2.05) is 0 Å². The van der Waals surface area contributed by atoms with Crippen molar-refractivity contribution in [1.29, 1.82) is 5.41 Å². The molecule has 1 atom stereocenters. The third-order valence-electron chi connectivity index (χ3n) is 4.27. The van der Waals surface area contributed by atoms with Crippen LogP contribution in [0.1, 0.15) is 29.2 Å². The van der Waals surface area contributed by atoms with Gasteiger partial charge in [-0.15, -0.1) is 10.2 Å². The van der Waals surface area contributed by atoms with E-state index in [-0.39, 0.29) is 47.9 Å². The van der Waals surface area contributed by atoms with E-state index in [0.29, 0.717) is 5.82 Å². The number of hydrogen-bond acceptors (Lipinski definition) is 10. The Kier molecular flexibility index (Phi) is 6.87. The highest BCUT2D eigenvalue weighted by molar-refractivity contribution is 6.10. The number of aliphatic imine (C=N–C) groups is 1. The number of aliphatic carboxylic acids is 1. The first-order valence-corrected chi connectivity index (χ1v) is 9.37. The zero-order valence-electron chi connectivity index (χ0n) is 16.9. The Bertz CT molecular complexity index is 1120. The largest absolute Gasteiger partial charge is 0.510 e. The summed E-state index contributed by atoms with van der Waals surface area (Å²) in [6.45, 7) is 0. The van der Waals surface area contributed by atoms with Crippen molar-refractivity contribution in [3.63, 3.8) is 0 Å². The van der Waals surface area contributed by atoms with E-state index in [0.717, 1.165) is 0 Å². The Morgan fingerprint density at radius 1 is 1.27 bits per heavy atom. The first-order chi connectivity index (χ1) is 15.7. The maximum Gasteiger partial charge on any atom is 0.326 e. The van der Waals surface area contributed by atoms with Gasteiger partial charge in [-0.05, 0) is 18.6 Å². The number of nitrogens with zero attached hydrogens (tertiary/aromatic N) is 5. The topological polar surface area (TPSA) is 257 Å². The van der Waals surface area contributed by atoms with Gasteiger partial charge in [0, 0.05) is 6.42 Å². The fraction of sp³-hybridized carbons (Fsp3) is 0.235. The van der Waals surface area contributed by atoms with Crippen LogP contribution in [0.15, 0.2) is 34.8 Å². The molecule has 2 aromatic rings. The Morgan fingerprint density at radius 3 is 2.67 bits per heavy atom. The van der Waals surface area contributed by atoms with Crippen LogP contribution in [0.2, 0.25) is 0 Å². The number of aliphatic hydroxyl groups is 1. The Balaban J connectivity index is 1.55. The van der Waals surface area contributed by atoms with Gasteiger partial charge in [0.25, 0.3) is 5.91 Å². The van der Waals surface area contributed by atoms with Crippen LogP contribution in [0, 0.1) is 5.41 Å². The number of carbonyl (C=O) groups excluding carboxylic acids is 2. The normalized spacial score (nSPS) is 14.3. The number of urea groups is 1. The predicted molar refractivity (Wildman–Crippen MR) is 111 cm³/mol. The van der Waals surface area contributed by atoms with Crippen LogP contribution in [0.4, 0.5) is 10.5 Å². The summed E-state index contributed by atoms with van der Waals surface area (Å²) >= 11 is 0. The number of aliphatic hydroxyl groups excluding tert-OH is 1. The number of aryl methyl sites for hydroxylation is 1.